The Morgan fingerprint density at radius 2 is 1.74 bits per heavy atom. The van der Waals surface area contributed by atoms with Gasteiger partial charge in [0, 0.05) is 24.3 Å². The van der Waals surface area contributed by atoms with Crippen molar-refractivity contribution in [2.45, 2.75) is 87.5 Å². The monoisotopic (exact) mass is 641 g/mol. The normalized spacial score (nSPS) is 39.3. The number of fused-ring (bicyclic) bond motifs is 5. The summed E-state index contributed by atoms with van der Waals surface area (Å²) in [7, 11) is 1.55. The molecular formula is C30H31N3O13. The Kier molecular flexibility index (Phi) is 8.21. The molecule has 5 saturated heterocycles. The minimum absolute atomic E-state index is 0.0894. The minimum atomic E-state index is -1.84. The van der Waals surface area contributed by atoms with Crippen LogP contribution in [0.4, 0.5) is 0 Å². The van der Waals surface area contributed by atoms with Crippen LogP contribution in [0.3, 0.4) is 0 Å². The topological polar surface area (TPSA) is 184 Å². The summed E-state index contributed by atoms with van der Waals surface area (Å²) in [6.07, 6.45) is -9.96. The highest BCUT2D eigenvalue weighted by atomic mass is 17.0. The second-order valence-electron chi connectivity index (χ2n) is 11.3. The molecule has 12 atom stereocenters. The van der Waals surface area contributed by atoms with Crippen molar-refractivity contribution in [2.75, 3.05) is 13.7 Å². The fourth-order valence-corrected chi connectivity index (χ4v) is 6.21. The molecule has 0 aromatic heterocycles. The summed E-state index contributed by atoms with van der Waals surface area (Å²) in [5.41, 5.74) is 10.4. The Morgan fingerprint density at radius 1 is 0.978 bits per heavy atom. The molecule has 0 unspecified atom stereocenters. The lowest BCUT2D eigenvalue weighted by atomic mass is 9.95. The van der Waals surface area contributed by atoms with E-state index in [9.17, 15) is 15.1 Å². The van der Waals surface area contributed by atoms with Gasteiger partial charge >= 0.3 is 11.9 Å². The second kappa shape index (κ2) is 12.3. The lowest BCUT2D eigenvalue weighted by molar-refractivity contribution is -0.404. The van der Waals surface area contributed by atoms with Gasteiger partial charge in [0.05, 0.1) is 13.7 Å². The van der Waals surface area contributed by atoms with Crippen molar-refractivity contribution in [3.8, 4) is 11.5 Å². The fraction of sp³-hybridized carbons (Fsp3) is 0.533. The van der Waals surface area contributed by atoms with E-state index >= 15 is 0 Å². The predicted molar refractivity (Wildman–Crippen MR) is 149 cm³/mol. The van der Waals surface area contributed by atoms with E-state index in [-0.39, 0.29) is 6.61 Å². The number of hydrogen-bond acceptors (Lipinski definition) is 14. The summed E-state index contributed by atoms with van der Waals surface area (Å²) in [6, 6.07) is 14.9. The number of nitrogens with zero attached hydrogens (tertiary/aromatic N) is 3. The first-order chi connectivity index (χ1) is 22.2. The molecular weight excluding hydrogens is 610 g/mol. The van der Waals surface area contributed by atoms with Gasteiger partial charge in [-0.2, -0.15) is 0 Å². The summed E-state index contributed by atoms with van der Waals surface area (Å²) in [5.74, 6) is -2.12. The van der Waals surface area contributed by atoms with Gasteiger partial charge in [-0.05, 0) is 29.8 Å². The van der Waals surface area contributed by atoms with Crippen molar-refractivity contribution < 1.29 is 61.7 Å². The molecule has 16 heteroatoms. The van der Waals surface area contributed by atoms with Crippen molar-refractivity contribution in [1.29, 1.82) is 0 Å². The summed E-state index contributed by atoms with van der Waals surface area (Å²) in [6.45, 7) is 2.80. The standard InChI is InChI=1S/C30H31N3O13/c1-14(34)38-22-23-25-29(43-24(22)26(35)41-23)46-30(2,45-25)44-21-19(32-33-31)28(39-17-11-9-16(36-3)10-12-17)40-18-13-37-27(42-20(18)21)15-7-5-4-6-8-15/h4-12,18-25,27-29H,13H2,1-3H3/t18-,19-,20+,21-,22+,23+,24+,25-,27+,28-,29-,30+/m1/s1. The number of azide groups is 1. The van der Waals surface area contributed by atoms with Crippen molar-refractivity contribution >= 4 is 11.9 Å². The summed E-state index contributed by atoms with van der Waals surface area (Å²) in [5, 5.41) is 4.01. The number of ether oxygens (including phenoxy) is 11. The highest BCUT2D eigenvalue weighted by Crippen LogP contribution is 2.45. The highest BCUT2D eigenvalue weighted by molar-refractivity contribution is 5.79. The molecule has 46 heavy (non-hydrogen) atoms. The van der Waals surface area contributed by atoms with Gasteiger partial charge in [0.15, 0.2) is 37.0 Å². The summed E-state index contributed by atoms with van der Waals surface area (Å²) in [4.78, 5) is 27.2. The maximum Gasteiger partial charge on any atom is 0.339 e. The number of hydrogen-bond donors (Lipinski definition) is 0. The smallest absolute Gasteiger partial charge is 0.339 e. The van der Waals surface area contributed by atoms with Crippen molar-refractivity contribution in [3.63, 3.8) is 0 Å². The maximum atomic E-state index is 12.4. The molecule has 0 amide bonds. The van der Waals surface area contributed by atoms with Gasteiger partial charge in [-0.15, -0.1) is 0 Å². The number of esters is 2. The number of methoxy groups -OCH3 is 1. The van der Waals surface area contributed by atoms with Gasteiger partial charge < -0.3 is 47.4 Å². The molecule has 0 saturated carbocycles. The first-order valence-corrected chi connectivity index (χ1v) is 14.6. The van der Waals surface area contributed by atoms with Crippen LogP contribution in [0.1, 0.15) is 25.7 Å². The van der Waals surface area contributed by atoms with Gasteiger partial charge in [0.25, 0.3) is 5.97 Å². The molecule has 2 bridgehead atoms. The number of carbonyl (C=O) groups is 2. The van der Waals surface area contributed by atoms with Crippen LogP contribution < -0.4 is 9.47 Å². The number of carbonyl (C=O) groups excluding carboxylic acids is 2. The van der Waals surface area contributed by atoms with Crippen LogP contribution in [-0.2, 0) is 52.2 Å². The van der Waals surface area contributed by atoms with E-state index in [4.69, 9.17) is 52.1 Å². The fourth-order valence-electron chi connectivity index (χ4n) is 6.21. The average Bonchev–Trinajstić information content (AvgIpc) is 3.50. The average molecular weight is 642 g/mol. The predicted octanol–water partition coefficient (Wildman–Crippen LogP) is 2.65. The molecule has 2 aromatic carbocycles. The summed E-state index contributed by atoms with van der Waals surface area (Å²) >= 11 is 0. The van der Waals surface area contributed by atoms with Crippen molar-refractivity contribution in [3.05, 3.63) is 70.6 Å². The molecule has 5 aliphatic heterocycles. The molecule has 0 spiro atoms. The second-order valence-corrected chi connectivity index (χ2v) is 11.3. The van der Waals surface area contributed by atoms with Crippen molar-refractivity contribution in [2.24, 2.45) is 5.11 Å². The van der Waals surface area contributed by atoms with Gasteiger partial charge in [-0.25, -0.2) is 4.79 Å². The molecule has 0 radical (unpaired) electrons. The van der Waals surface area contributed by atoms with Crippen LogP contribution in [-0.4, -0.2) is 93.0 Å². The Labute approximate surface area is 262 Å². The van der Waals surface area contributed by atoms with Crippen LogP contribution in [0, 0.1) is 0 Å². The Morgan fingerprint density at radius 3 is 2.46 bits per heavy atom. The maximum absolute atomic E-state index is 12.4. The molecule has 0 aliphatic carbocycles. The van der Waals surface area contributed by atoms with E-state index in [0.717, 1.165) is 5.56 Å². The van der Waals surface area contributed by atoms with Crippen LogP contribution >= 0.6 is 0 Å². The van der Waals surface area contributed by atoms with E-state index in [2.05, 4.69) is 10.0 Å². The number of benzene rings is 2. The molecule has 7 rings (SSSR count). The van der Waals surface area contributed by atoms with E-state index in [1.54, 1.807) is 31.4 Å². The van der Waals surface area contributed by atoms with E-state index in [0.29, 0.717) is 11.5 Å². The van der Waals surface area contributed by atoms with Crippen LogP contribution in [0.25, 0.3) is 10.4 Å². The lowest BCUT2D eigenvalue weighted by Crippen LogP contribution is -2.64. The van der Waals surface area contributed by atoms with Crippen LogP contribution in [0.2, 0.25) is 0 Å². The van der Waals surface area contributed by atoms with Crippen LogP contribution in [0.15, 0.2) is 59.7 Å². The van der Waals surface area contributed by atoms with Gasteiger partial charge in [-0.1, -0.05) is 35.4 Å². The molecule has 5 heterocycles. The Bertz CT molecular complexity index is 1490. The Hall–Kier alpha value is -3.99. The van der Waals surface area contributed by atoms with Gasteiger partial charge in [0.2, 0.25) is 6.29 Å². The first kappa shape index (κ1) is 30.7. The van der Waals surface area contributed by atoms with E-state index in [1.165, 1.54) is 13.8 Å². The van der Waals surface area contributed by atoms with Gasteiger partial charge in [0.1, 0.15) is 35.9 Å². The van der Waals surface area contributed by atoms with E-state index in [1.807, 2.05) is 30.3 Å². The molecule has 0 N–H and O–H groups in total. The molecule has 5 aliphatic rings. The van der Waals surface area contributed by atoms with Gasteiger partial charge in [-0.3, -0.25) is 9.53 Å². The lowest BCUT2D eigenvalue weighted by Gasteiger charge is -2.49. The zero-order valence-electron chi connectivity index (χ0n) is 24.9. The molecule has 244 valence electrons. The molecule has 2 aromatic rings. The van der Waals surface area contributed by atoms with Crippen LogP contribution in [0.5, 0.6) is 11.5 Å². The quantitative estimate of drug-likeness (QED) is 0.178. The zero-order valence-corrected chi connectivity index (χ0v) is 24.9. The summed E-state index contributed by atoms with van der Waals surface area (Å²) < 4.78 is 65.4. The first-order valence-electron chi connectivity index (χ1n) is 14.6. The minimum Gasteiger partial charge on any atom is -0.497 e. The third kappa shape index (κ3) is 5.74. The Balaban J connectivity index is 1.18. The SMILES string of the molecule is COc1ccc(O[C@@H]2O[C@@H]3CO[C@H](c4ccccc4)O[C@@H]3[C@H](O[C@]3(C)O[C@H]4O[C@@H]5C(=O)O[C@H]([C@H]4O3)[C@@H]5OC(C)=O)[C@H]2N=[N+]=[N-])cc1. The largest absolute Gasteiger partial charge is 0.497 e. The molecule has 16 nitrogen and oxygen atoms in total. The highest BCUT2D eigenvalue weighted by Gasteiger charge is 2.66. The van der Waals surface area contributed by atoms with E-state index < -0.39 is 85.6 Å². The zero-order chi connectivity index (χ0) is 32.0. The van der Waals surface area contributed by atoms with Crippen molar-refractivity contribution in [1.82, 2.24) is 0 Å². The number of rotatable bonds is 8. The third-order valence-electron chi connectivity index (χ3n) is 8.19. The molecule has 5 fully saturated rings. The third-order valence-corrected chi connectivity index (χ3v) is 8.19.